The van der Waals surface area contributed by atoms with E-state index in [2.05, 4.69) is 45.4 Å². The number of nitrogens with zero attached hydrogens (tertiary/aromatic N) is 1. The van der Waals surface area contributed by atoms with Crippen LogP contribution in [0.15, 0.2) is 30.3 Å². The highest BCUT2D eigenvalue weighted by atomic mass is 16.2. The molecule has 13 heavy (non-hydrogen) atoms. The first-order valence-corrected chi connectivity index (χ1v) is 3.92. The molecule has 0 saturated carbocycles. The van der Waals surface area contributed by atoms with Crippen LogP contribution >= 0.6 is 0 Å². The van der Waals surface area contributed by atoms with Gasteiger partial charge in [-0.2, -0.15) is 0 Å². The molecule has 2 N–H and O–H groups in total. The lowest BCUT2D eigenvalue weighted by molar-refractivity contribution is 0.399. The summed E-state index contributed by atoms with van der Waals surface area (Å²) >= 11 is 0. The topological polar surface area (TPSA) is 50.2 Å². The van der Waals surface area contributed by atoms with Crippen molar-refractivity contribution >= 4 is 5.69 Å². The van der Waals surface area contributed by atoms with Gasteiger partial charge in [-0.05, 0) is 12.1 Å². The Bertz CT molecular complexity index is 204. The van der Waals surface area contributed by atoms with Gasteiger partial charge in [-0.25, -0.2) is 0 Å². The van der Waals surface area contributed by atoms with Crippen molar-refractivity contribution < 1.29 is 10.6 Å². The van der Waals surface area contributed by atoms with Gasteiger partial charge in [-0.15, -0.1) is 0 Å². The zero-order valence-corrected chi connectivity index (χ0v) is 8.73. The molecule has 0 atom stereocenters. The van der Waals surface area contributed by atoms with Crippen molar-refractivity contribution in [2.24, 2.45) is 0 Å². The van der Waals surface area contributed by atoms with Crippen LogP contribution in [0.3, 0.4) is 0 Å². The van der Waals surface area contributed by atoms with Crippen LogP contribution in [0.25, 0.3) is 0 Å². The van der Waals surface area contributed by atoms with E-state index in [9.17, 15) is 0 Å². The average molecular weight is 185 g/mol. The molecule has 0 amide bonds. The van der Waals surface area contributed by atoms with Gasteiger partial charge >= 0.3 is 0 Å². The number of benzene rings is 1. The molecule has 0 heterocycles. The van der Waals surface area contributed by atoms with E-state index in [1.165, 1.54) is 5.69 Å². The fourth-order valence-electron chi connectivity index (χ4n) is 0.875. The van der Waals surface area contributed by atoms with Gasteiger partial charge in [0.15, 0.2) is 0 Å². The highest BCUT2D eigenvalue weighted by molar-refractivity contribution is 5.40. The van der Waals surface area contributed by atoms with Gasteiger partial charge < -0.3 is 10.6 Å². The van der Waals surface area contributed by atoms with Gasteiger partial charge in [0.1, 0.15) is 5.69 Å². The largest absolute Gasteiger partial charge is 0.870 e. The van der Waals surface area contributed by atoms with Gasteiger partial charge in [0.05, 0.1) is 21.1 Å². The molecule has 0 spiro atoms. The summed E-state index contributed by atoms with van der Waals surface area (Å²) in [5, 5.41) is 7.00. The van der Waals surface area contributed by atoms with Gasteiger partial charge in [0.2, 0.25) is 0 Å². The highest BCUT2D eigenvalue weighted by Gasteiger charge is 2.08. The number of rotatable bonds is 1. The molecule has 0 aromatic heterocycles. The molecule has 0 fully saturated rings. The monoisotopic (exact) mass is 185 g/mol. The normalized spacial score (nSPS) is 9.31. The predicted octanol–water partition coefficient (Wildman–Crippen LogP) is 1.31. The van der Waals surface area contributed by atoms with Gasteiger partial charge in [0, 0.05) is 7.11 Å². The van der Waals surface area contributed by atoms with Crippen molar-refractivity contribution in [2.45, 2.75) is 0 Å². The smallest absolute Gasteiger partial charge is 0.132 e. The SMILES string of the molecule is CO.C[N+](C)(C)c1ccccc1.[OH-]. The summed E-state index contributed by atoms with van der Waals surface area (Å²) in [5.41, 5.74) is 1.34. The number of hydrogen-bond donors (Lipinski definition) is 1. The van der Waals surface area contributed by atoms with E-state index in [4.69, 9.17) is 5.11 Å². The molecule has 0 unspecified atom stereocenters. The van der Waals surface area contributed by atoms with Crippen molar-refractivity contribution in [3.8, 4) is 0 Å². The van der Waals surface area contributed by atoms with Crippen molar-refractivity contribution in [2.75, 3.05) is 28.3 Å². The molecule has 0 aliphatic rings. The second kappa shape index (κ2) is 6.60. The van der Waals surface area contributed by atoms with Crippen molar-refractivity contribution in [1.29, 1.82) is 0 Å². The molecule has 0 aliphatic heterocycles. The molecule has 0 aliphatic carbocycles. The number of aliphatic hydroxyl groups excluding tert-OH is 1. The summed E-state index contributed by atoms with van der Waals surface area (Å²) in [6.45, 7) is 0. The van der Waals surface area contributed by atoms with Crippen molar-refractivity contribution in [1.82, 2.24) is 4.48 Å². The summed E-state index contributed by atoms with van der Waals surface area (Å²) < 4.78 is 0.890. The van der Waals surface area contributed by atoms with Crippen LogP contribution in [0.4, 0.5) is 5.69 Å². The van der Waals surface area contributed by atoms with Crippen LogP contribution in [0.1, 0.15) is 0 Å². The minimum atomic E-state index is 0. The Morgan fingerprint density at radius 3 is 1.54 bits per heavy atom. The zero-order chi connectivity index (χ0) is 9.61. The molecular formula is C10H19NO2. The molecule has 0 radical (unpaired) electrons. The Morgan fingerprint density at radius 1 is 0.923 bits per heavy atom. The summed E-state index contributed by atoms with van der Waals surface area (Å²) in [4.78, 5) is 0. The summed E-state index contributed by atoms with van der Waals surface area (Å²) in [7, 11) is 7.49. The van der Waals surface area contributed by atoms with E-state index in [1.54, 1.807) is 0 Å². The van der Waals surface area contributed by atoms with E-state index in [1.807, 2.05) is 6.07 Å². The molecule has 3 heteroatoms. The maximum atomic E-state index is 7.00. The average Bonchev–Trinajstić information content (AvgIpc) is 2.08. The molecule has 76 valence electrons. The van der Waals surface area contributed by atoms with Gasteiger partial charge in [-0.1, -0.05) is 18.2 Å². The zero-order valence-electron chi connectivity index (χ0n) is 8.73. The first kappa shape index (κ1) is 14.6. The fourth-order valence-corrected chi connectivity index (χ4v) is 0.875. The third kappa shape index (κ3) is 5.36. The van der Waals surface area contributed by atoms with E-state index < -0.39 is 0 Å². The quantitative estimate of drug-likeness (QED) is 0.671. The minimum Gasteiger partial charge on any atom is -0.870 e. The Morgan fingerprint density at radius 2 is 1.31 bits per heavy atom. The Hall–Kier alpha value is -0.900. The summed E-state index contributed by atoms with van der Waals surface area (Å²) in [6, 6.07) is 10.5. The van der Waals surface area contributed by atoms with E-state index in [0.717, 1.165) is 11.6 Å². The maximum absolute atomic E-state index is 7.00. The standard InChI is InChI=1S/C9H14N.CH4O.H2O/c1-10(2,3)9-7-5-4-6-8-9;1-2;/h4-8H,1-3H3;2H,1H3;1H2/q+1;;/p-1. The first-order chi connectivity index (χ1) is 5.61. The van der Waals surface area contributed by atoms with Crippen molar-refractivity contribution in [3.63, 3.8) is 0 Å². The molecule has 1 aromatic carbocycles. The highest BCUT2D eigenvalue weighted by Crippen LogP contribution is 2.14. The number of hydrogen-bond acceptors (Lipinski definition) is 2. The van der Waals surface area contributed by atoms with Crippen LogP contribution in [0.5, 0.6) is 0 Å². The second-order valence-corrected chi connectivity index (χ2v) is 3.35. The van der Waals surface area contributed by atoms with Gasteiger partial charge in [0.25, 0.3) is 0 Å². The number of aliphatic hydroxyl groups is 1. The van der Waals surface area contributed by atoms with Gasteiger partial charge in [-0.3, -0.25) is 4.48 Å². The molecule has 3 nitrogen and oxygen atoms in total. The number of para-hydroxylation sites is 1. The molecule has 0 saturated heterocycles. The third-order valence-electron chi connectivity index (χ3n) is 1.53. The van der Waals surface area contributed by atoms with Crippen LogP contribution in [-0.4, -0.2) is 38.8 Å². The van der Waals surface area contributed by atoms with Crippen LogP contribution in [0, 0.1) is 0 Å². The van der Waals surface area contributed by atoms with E-state index in [-0.39, 0.29) is 5.48 Å². The summed E-state index contributed by atoms with van der Waals surface area (Å²) in [5.74, 6) is 0. The van der Waals surface area contributed by atoms with Crippen molar-refractivity contribution in [3.05, 3.63) is 30.3 Å². The lowest BCUT2D eigenvalue weighted by Gasteiger charge is -2.22. The maximum Gasteiger partial charge on any atom is 0.132 e. The van der Waals surface area contributed by atoms with Crippen LogP contribution < -0.4 is 4.48 Å². The molecular weight excluding hydrogens is 166 g/mol. The number of quaternary nitrogens is 1. The first-order valence-electron chi connectivity index (χ1n) is 3.92. The lowest BCUT2D eigenvalue weighted by Crippen LogP contribution is -2.34. The lowest BCUT2D eigenvalue weighted by atomic mass is 10.3. The Labute approximate surface area is 80.1 Å². The predicted molar refractivity (Wildman–Crippen MR) is 56.1 cm³/mol. The fraction of sp³-hybridized carbons (Fsp3) is 0.400. The molecule has 1 aromatic rings. The van der Waals surface area contributed by atoms with E-state index in [0.29, 0.717) is 0 Å². The second-order valence-electron chi connectivity index (χ2n) is 3.35. The Balaban J connectivity index is 0. The van der Waals surface area contributed by atoms with E-state index >= 15 is 0 Å². The third-order valence-corrected chi connectivity index (χ3v) is 1.53. The van der Waals surface area contributed by atoms with Crippen LogP contribution in [-0.2, 0) is 0 Å². The Kier molecular flexibility index (Phi) is 7.42. The minimum absolute atomic E-state index is 0. The summed E-state index contributed by atoms with van der Waals surface area (Å²) in [6.07, 6.45) is 0. The van der Waals surface area contributed by atoms with Crippen LogP contribution in [0.2, 0.25) is 0 Å². The molecule has 1 rings (SSSR count). The molecule has 0 bridgehead atoms.